The van der Waals surface area contributed by atoms with E-state index in [1.54, 1.807) is 54.6 Å². The molecule has 0 saturated carbocycles. The van der Waals surface area contributed by atoms with Crippen LogP contribution in [0.2, 0.25) is 0 Å². The van der Waals surface area contributed by atoms with Gasteiger partial charge < -0.3 is 28.4 Å². The SMILES string of the molecule is COC(=O)c1ccc(/C=C2\Oc3c(ccc4c3[C@@H](c3cc(OC)c(OC)cc3OC)CC(=O)O4)C2=O)cc1. The lowest BCUT2D eigenvalue weighted by Crippen LogP contribution is -2.22. The Morgan fingerprint density at radius 1 is 0.868 bits per heavy atom. The highest BCUT2D eigenvalue weighted by Gasteiger charge is 2.39. The molecule has 9 nitrogen and oxygen atoms in total. The van der Waals surface area contributed by atoms with E-state index in [0.29, 0.717) is 56.6 Å². The van der Waals surface area contributed by atoms with Crippen LogP contribution in [-0.2, 0) is 9.53 Å². The maximum atomic E-state index is 13.3. The normalized spacial score (nSPS) is 16.7. The number of ether oxygens (including phenoxy) is 6. The average molecular weight is 517 g/mol. The first kappa shape index (κ1) is 24.9. The zero-order valence-electron chi connectivity index (χ0n) is 21.2. The summed E-state index contributed by atoms with van der Waals surface area (Å²) in [6.45, 7) is 0. The van der Waals surface area contributed by atoms with Gasteiger partial charge in [-0.05, 0) is 42.0 Å². The van der Waals surface area contributed by atoms with Gasteiger partial charge in [0.2, 0.25) is 5.78 Å². The quantitative estimate of drug-likeness (QED) is 0.265. The topological polar surface area (TPSA) is 107 Å². The molecule has 0 N–H and O–H groups in total. The molecule has 2 heterocycles. The van der Waals surface area contributed by atoms with E-state index in [2.05, 4.69) is 0 Å². The number of Topliss-reactive ketones (excluding diaryl/α,β-unsaturated/α-hetero) is 1. The van der Waals surface area contributed by atoms with Crippen LogP contribution in [0.3, 0.4) is 0 Å². The van der Waals surface area contributed by atoms with Crippen molar-refractivity contribution in [3.05, 3.63) is 82.1 Å². The van der Waals surface area contributed by atoms with E-state index >= 15 is 0 Å². The Hall–Kier alpha value is -4.79. The fraction of sp³-hybridized carbons (Fsp3) is 0.207. The van der Waals surface area contributed by atoms with Crippen molar-refractivity contribution in [2.75, 3.05) is 28.4 Å². The van der Waals surface area contributed by atoms with Crippen molar-refractivity contribution in [3.63, 3.8) is 0 Å². The van der Waals surface area contributed by atoms with Gasteiger partial charge in [-0.2, -0.15) is 0 Å². The van der Waals surface area contributed by atoms with Crippen LogP contribution in [0.4, 0.5) is 0 Å². The minimum atomic E-state index is -0.539. The number of hydrogen-bond donors (Lipinski definition) is 0. The Morgan fingerprint density at radius 3 is 2.21 bits per heavy atom. The molecule has 0 aromatic heterocycles. The number of ketones is 1. The summed E-state index contributed by atoms with van der Waals surface area (Å²) in [5.41, 5.74) is 2.61. The van der Waals surface area contributed by atoms with Gasteiger partial charge in [0.1, 0.15) is 17.2 Å². The number of carbonyl (C=O) groups excluding carboxylic acids is 3. The maximum absolute atomic E-state index is 13.3. The molecule has 0 radical (unpaired) electrons. The second-order valence-electron chi connectivity index (χ2n) is 8.59. The molecule has 2 aliphatic rings. The van der Waals surface area contributed by atoms with Crippen LogP contribution in [-0.4, -0.2) is 46.2 Å². The minimum Gasteiger partial charge on any atom is -0.496 e. The van der Waals surface area contributed by atoms with Crippen LogP contribution in [0.25, 0.3) is 6.08 Å². The summed E-state index contributed by atoms with van der Waals surface area (Å²) < 4.78 is 32.9. The monoisotopic (exact) mass is 516 g/mol. The van der Waals surface area contributed by atoms with E-state index in [-0.39, 0.29) is 18.0 Å². The minimum absolute atomic E-state index is 0.000878. The van der Waals surface area contributed by atoms with Crippen molar-refractivity contribution in [1.82, 2.24) is 0 Å². The summed E-state index contributed by atoms with van der Waals surface area (Å²) in [7, 11) is 5.87. The number of methoxy groups -OCH3 is 4. The highest BCUT2D eigenvalue weighted by molar-refractivity contribution is 6.15. The molecule has 0 aliphatic carbocycles. The molecule has 0 unspecified atom stereocenters. The van der Waals surface area contributed by atoms with Crippen LogP contribution in [0.1, 0.15) is 49.7 Å². The molecule has 2 aliphatic heterocycles. The molecule has 194 valence electrons. The lowest BCUT2D eigenvalue weighted by atomic mass is 9.84. The second-order valence-corrected chi connectivity index (χ2v) is 8.59. The number of carbonyl (C=O) groups is 3. The molecule has 9 heteroatoms. The largest absolute Gasteiger partial charge is 0.496 e. The van der Waals surface area contributed by atoms with Gasteiger partial charge in [0.05, 0.1) is 46.0 Å². The van der Waals surface area contributed by atoms with E-state index in [4.69, 9.17) is 28.4 Å². The molecule has 5 rings (SSSR count). The first-order valence-electron chi connectivity index (χ1n) is 11.7. The van der Waals surface area contributed by atoms with Gasteiger partial charge in [0.25, 0.3) is 0 Å². The molecular weight excluding hydrogens is 492 g/mol. The Balaban J connectivity index is 1.59. The van der Waals surface area contributed by atoms with Crippen molar-refractivity contribution >= 4 is 23.8 Å². The highest BCUT2D eigenvalue weighted by Crippen LogP contribution is 2.51. The van der Waals surface area contributed by atoms with Gasteiger partial charge in [-0.15, -0.1) is 0 Å². The maximum Gasteiger partial charge on any atom is 0.337 e. The van der Waals surface area contributed by atoms with Gasteiger partial charge in [0, 0.05) is 23.1 Å². The van der Waals surface area contributed by atoms with Crippen molar-refractivity contribution in [2.45, 2.75) is 12.3 Å². The fourth-order valence-electron chi connectivity index (χ4n) is 4.68. The highest BCUT2D eigenvalue weighted by atomic mass is 16.5. The molecular formula is C29H24O9. The number of allylic oxidation sites excluding steroid dienone is 1. The van der Waals surface area contributed by atoms with Gasteiger partial charge in [-0.3, -0.25) is 9.59 Å². The van der Waals surface area contributed by atoms with Crippen LogP contribution < -0.4 is 23.7 Å². The summed E-state index contributed by atoms with van der Waals surface area (Å²) in [6, 6.07) is 13.2. The summed E-state index contributed by atoms with van der Waals surface area (Å²) in [4.78, 5) is 37.6. The number of benzene rings is 3. The van der Waals surface area contributed by atoms with E-state index in [9.17, 15) is 14.4 Å². The van der Waals surface area contributed by atoms with E-state index in [1.807, 2.05) is 0 Å². The summed E-state index contributed by atoms with van der Waals surface area (Å²) in [5.74, 6) is 0.414. The third kappa shape index (κ3) is 4.21. The standard InChI is InChI=1S/C29H24O9/c1-33-21-14-23(35-3)22(34-2)12-18(21)19-13-25(30)37-20-10-9-17-27(31)24(38-28(17)26(19)20)11-15-5-7-16(8-6-15)29(32)36-4/h5-12,14,19H,13H2,1-4H3/b24-11-/t19-/m1/s1. The zero-order chi connectivity index (χ0) is 27.0. The molecule has 0 amide bonds. The van der Waals surface area contributed by atoms with Crippen molar-refractivity contribution in [1.29, 1.82) is 0 Å². The van der Waals surface area contributed by atoms with E-state index in [0.717, 1.165) is 0 Å². The molecule has 0 bridgehead atoms. The Kier molecular flexibility index (Phi) is 6.50. The average Bonchev–Trinajstić information content (AvgIpc) is 3.26. The molecule has 38 heavy (non-hydrogen) atoms. The van der Waals surface area contributed by atoms with Gasteiger partial charge in [-0.1, -0.05) is 12.1 Å². The summed E-state index contributed by atoms with van der Waals surface area (Å²) >= 11 is 0. The van der Waals surface area contributed by atoms with E-state index in [1.165, 1.54) is 28.4 Å². The second kappa shape index (κ2) is 9.93. The first-order valence-corrected chi connectivity index (χ1v) is 11.7. The molecule has 0 saturated heterocycles. The third-order valence-electron chi connectivity index (χ3n) is 6.52. The molecule has 3 aromatic rings. The zero-order valence-corrected chi connectivity index (χ0v) is 21.2. The van der Waals surface area contributed by atoms with Crippen LogP contribution in [0.5, 0.6) is 28.7 Å². The number of fused-ring (bicyclic) bond motifs is 3. The predicted molar refractivity (Wildman–Crippen MR) is 135 cm³/mol. The number of esters is 2. The summed E-state index contributed by atoms with van der Waals surface area (Å²) in [6.07, 6.45) is 1.59. The summed E-state index contributed by atoms with van der Waals surface area (Å²) in [5, 5.41) is 0. The van der Waals surface area contributed by atoms with Gasteiger partial charge in [0.15, 0.2) is 17.3 Å². The van der Waals surface area contributed by atoms with Crippen molar-refractivity contribution in [3.8, 4) is 28.7 Å². The van der Waals surface area contributed by atoms with Crippen LogP contribution in [0.15, 0.2) is 54.3 Å². The lowest BCUT2D eigenvalue weighted by Gasteiger charge is -2.28. The van der Waals surface area contributed by atoms with Crippen LogP contribution in [0, 0.1) is 0 Å². The number of rotatable bonds is 6. The molecule has 1 atom stereocenters. The Bertz CT molecular complexity index is 1480. The first-order chi connectivity index (χ1) is 18.4. The number of hydrogen-bond acceptors (Lipinski definition) is 9. The molecule has 0 fully saturated rings. The van der Waals surface area contributed by atoms with Crippen LogP contribution >= 0.6 is 0 Å². The van der Waals surface area contributed by atoms with Gasteiger partial charge in [-0.25, -0.2) is 4.79 Å². The third-order valence-corrected chi connectivity index (χ3v) is 6.52. The van der Waals surface area contributed by atoms with E-state index < -0.39 is 17.9 Å². The van der Waals surface area contributed by atoms with Gasteiger partial charge >= 0.3 is 11.9 Å². The van der Waals surface area contributed by atoms with Crippen molar-refractivity contribution < 1.29 is 42.8 Å². The molecule has 0 spiro atoms. The Labute approximate surface area is 218 Å². The lowest BCUT2D eigenvalue weighted by molar-refractivity contribution is -0.135. The Morgan fingerprint density at radius 2 is 1.55 bits per heavy atom. The smallest absolute Gasteiger partial charge is 0.337 e. The van der Waals surface area contributed by atoms with Crippen molar-refractivity contribution in [2.24, 2.45) is 0 Å². The predicted octanol–water partition coefficient (Wildman–Crippen LogP) is 4.56. The fourth-order valence-corrected chi connectivity index (χ4v) is 4.68. The molecule has 3 aromatic carbocycles.